The predicted octanol–water partition coefficient (Wildman–Crippen LogP) is 3.58. The van der Waals surface area contributed by atoms with Crippen LogP contribution in [0.25, 0.3) is 0 Å². The summed E-state index contributed by atoms with van der Waals surface area (Å²) in [5.41, 5.74) is 9.98. The lowest BCUT2D eigenvalue weighted by atomic mass is 10.0. The van der Waals surface area contributed by atoms with E-state index in [9.17, 15) is 18.4 Å². The zero-order chi connectivity index (χ0) is 25.7. The number of benzene rings is 3. The molecule has 3 atom stereocenters. The Morgan fingerprint density at radius 3 is 2.50 bits per heavy atom. The van der Waals surface area contributed by atoms with Crippen LogP contribution in [0, 0.1) is 11.6 Å². The second-order valence-electron chi connectivity index (χ2n) is 8.92. The average Bonchev–Trinajstić information content (AvgIpc) is 3.19. The molecule has 8 heteroatoms. The van der Waals surface area contributed by atoms with Gasteiger partial charge in [-0.15, -0.1) is 0 Å². The highest BCUT2D eigenvalue weighted by atomic mass is 19.1. The normalized spacial score (nSPS) is 16.2. The Morgan fingerprint density at radius 2 is 1.75 bits per heavy atom. The fraction of sp³-hybridized carbons (Fsp3) is 0.286. The zero-order valence-electron chi connectivity index (χ0n) is 20.0. The standard InChI is InChI=1S/C28H29F2N3O3/c1-2-17-6-5-7-18(10-17)15-32-16-25(24(31)13-19-11-20(29)14-21(30)12-19)36-28(35)26-22-8-3-4-9-23(22)27(34)33-26/h3-12,14,24-26,32H,2,13,15-16,31H2,1H3,(H,33,34)/t24?,25?,26-/m1/s1. The van der Waals surface area contributed by atoms with Gasteiger partial charge in [-0.25, -0.2) is 13.6 Å². The van der Waals surface area contributed by atoms with Crippen molar-refractivity contribution in [3.05, 3.63) is 106 Å². The van der Waals surface area contributed by atoms with E-state index >= 15 is 0 Å². The zero-order valence-corrected chi connectivity index (χ0v) is 20.0. The highest BCUT2D eigenvalue weighted by Gasteiger charge is 2.36. The van der Waals surface area contributed by atoms with E-state index in [1.54, 1.807) is 24.3 Å². The molecule has 0 spiro atoms. The molecule has 0 aliphatic carbocycles. The average molecular weight is 494 g/mol. The third-order valence-electron chi connectivity index (χ3n) is 6.24. The van der Waals surface area contributed by atoms with Crippen molar-refractivity contribution in [2.24, 2.45) is 5.73 Å². The minimum absolute atomic E-state index is 0.0905. The Bertz CT molecular complexity index is 1230. The van der Waals surface area contributed by atoms with Gasteiger partial charge in [-0.2, -0.15) is 0 Å². The predicted molar refractivity (Wildman–Crippen MR) is 132 cm³/mol. The molecule has 4 N–H and O–H groups in total. The van der Waals surface area contributed by atoms with Crippen LogP contribution < -0.4 is 16.4 Å². The third kappa shape index (κ3) is 6.13. The molecule has 0 saturated carbocycles. The lowest BCUT2D eigenvalue weighted by Crippen LogP contribution is -2.47. The maximum atomic E-state index is 13.7. The maximum absolute atomic E-state index is 13.7. The van der Waals surface area contributed by atoms with Crippen LogP contribution in [0.4, 0.5) is 8.78 Å². The first-order valence-corrected chi connectivity index (χ1v) is 11.9. The summed E-state index contributed by atoms with van der Waals surface area (Å²) >= 11 is 0. The molecular weight excluding hydrogens is 464 g/mol. The first-order valence-electron chi connectivity index (χ1n) is 11.9. The van der Waals surface area contributed by atoms with Crippen molar-refractivity contribution in [2.45, 2.75) is 44.5 Å². The molecule has 36 heavy (non-hydrogen) atoms. The molecule has 4 rings (SSSR count). The van der Waals surface area contributed by atoms with Crippen LogP contribution in [0.1, 0.15) is 45.6 Å². The van der Waals surface area contributed by atoms with Crippen molar-refractivity contribution in [1.29, 1.82) is 0 Å². The molecule has 6 nitrogen and oxygen atoms in total. The van der Waals surface area contributed by atoms with Gasteiger partial charge in [-0.3, -0.25) is 4.79 Å². The van der Waals surface area contributed by atoms with Crippen molar-refractivity contribution in [3.63, 3.8) is 0 Å². The summed E-state index contributed by atoms with van der Waals surface area (Å²) in [6.45, 7) is 2.81. The Morgan fingerprint density at radius 1 is 1.03 bits per heavy atom. The van der Waals surface area contributed by atoms with Crippen LogP contribution in [0.5, 0.6) is 0 Å². The number of halogens is 2. The number of nitrogens with one attached hydrogen (secondary N) is 2. The maximum Gasteiger partial charge on any atom is 0.333 e. The number of aryl methyl sites for hydroxylation is 1. The van der Waals surface area contributed by atoms with Crippen LogP contribution in [0.2, 0.25) is 0 Å². The van der Waals surface area contributed by atoms with Crippen molar-refractivity contribution in [2.75, 3.05) is 6.54 Å². The van der Waals surface area contributed by atoms with Crippen LogP contribution >= 0.6 is 0 Å². The summed E-state index contributed by atoms with van der Waals surface area (Å²) in [4.78, 5) is 25.4. The Balaban J connectivity index is 1.48. The molecule has 0 fully saturated rings. The minimum atomic E-state index is -0.948. The number of nitrogens with two attached hydrogens (primary N) is 1. The highest BCUT2D eigenvalue weighted by molar-refractivity contribution is 6.03. The molecule has 2 unspecified atom stereocenters. The fourth-order valence-electron chi connectivity index (χ4n) is 4.38. The number of carbonyl (C=O) groups excluding carboxylic acids is 2. The van der Waals surface area contributed by atoms with Crippen molar-refractivity contribution >= 4 is 11.9 Å². The molecule has 0 radical (unpaired) electrons. The number of esters is 1. The van der Waals surface area contributed by atoms with Crippen LogP contribution in [-0.4, -0.2) is 30.6 Å². The molecule has 3 aromatic carbocycles. The van der Waals surface area contributed by atoms with Crippen LogP contribution in [0.3, 0.4) is 0 Å². The van der Waals surface area contributed by atoms with E-state index in [2.05, 4.69) is 29.7 Å². The summed E-state index contributed by atoms with van der Waals surface area (Å²) in [6.07, 6.45) is 0.188. The topological polar surface area (TPSA) is 93.5 Å². The SMILES string of the molecule is CCc1cccc(CNCC(OC(=O)[C@@H]2NC(=O)c3ccccc32)C(N)Cc2cc(F)cc(F)c2)c1. The molecule has 3 aromatic rings. The summed E-state index contributed by atoms with van der Waals surface area (Å²) < 4.78 is 33.2. The monoisotopic (exact) mass is 493 g/mol. The molecule has 0 aromatic heterocycles. The van der Waals surface area contributed by atoms with Crippen molar-refractivity contribution in [1.82, 2.24) is 10.6 Å². The van der Waals surface area contributed by atoms with E-state index in [0.717, 1.165) is 18.1 Å². The van der Waals surface area contributed by atoms with Gasteiger partial charge in [-0.05, 0) is 53.3 Å². The van der Waals surface area contributed by atoms with Crippen molar-refractivity contribution < 1.29 is 23.1 Å². The minimum Gasteiger partial charge on any atom is -0.458 e. The number of carbonyl (C=O) groups is 2. The number of fused-ring (bicyclic) bond motifs is 1. The molecule has 1 heterocycles. The summed E-state index contributed by atoms with van der Waals surface area (Å²) in [5, 5.41) is 5.92. The van der Waals surface area contributed by atoms with Gasteiger partial charge >= 0.3 is 5.97 Å². The van der Waals surface area contributed by atoms with Crippen molar-refractivity contribution in [3.8, 4) is 0 Å². The van der Waals surface area contributed by atoms with Gasteiger partial charge in [0.1, 0.15) is 17.7 Å². The second kappa shape index (κ2) is 11.4. The van der Waals surface area contributed by atoms with E-state index in [0.29, 0.717) is 23.2 Å². The van der Waals surface area contributed by atoms with E-state index in [-0.39, 0.29) is 18.9 Å². The highest BCUT2D eigenvalue weighted by Crippen LogP contribution is 2.26. The van der Waals surface area contributed by atoms with E-state index in [1.165, 1.54) is 17.7 Å². The van der Waals surface area contributed by atoms with Gasteiger partial charge in [0.05, 0.1) is 0 Å². The largest absolute Gasteiger partial charge is 0.458 e. The van der Waals surface area contributed by atoms with Crippen LogP contribution in [-0.2, 0) is 28.9 Å². The van der Waals surface area contributed by atoms with Crippen LogP contribution in [0.15, 0.2) is 66.7 Å². The van der Waals surface area contributed by atoms with Gasteiger partial charge < -0.3 is 21.1 Å². The molecule has 1 aliphatic rings. The van der Waals surface area contributed by atoms with Gasteiger partial charge in [0, 0.05) is 30.8 Å². The summed E-state index contributed by atoms with van der Waals surface area (Å²) in [6, 6.07) is 16.4. The van der Waals surface area contributed by atoms with E-state index in [1.807, 2.05) is 12.1 Å². The van der Waals surface area contributed by atoms with Gasteiger partial charge in [0.15, 0.2) is 6.04 Å². The smallest absolute Gasteiger partial charge is 0.333 e. The Hall–Kier alpha value is -3.62. The van der Waals surface area contributed by atoms with Gasteiger partial charge in [0.25, 0.3) is 5.91 Å². The fourth-order valence-corrected chi connectivity index (χ4v) is 4.38. The second-order valence-corrected chi connectivity index (χ2v) is 8.92. The summed E-state index contributed by atoms with van der Waals surface area (Å²) in [7, 11) is 0. The first-order chi connectivity index (χ1) is 17.3. The molecule has 188 valence electrons. The first kappa shape index (κ1) is 25.5. The quantitative estimate of drug-likeness (QED) is 0.376. The third-order valence-corrected chi connectivity index (χ3v) is 6.24. The number of rotatable bonds is 10. The summed E-state index contributed by atoms with van der Waals surface area (Å²) in [5.74, 6) is -2.40. The number of amides is 1. The molecule has 1 aliphatic heterocycles. The van der Waals surface area contributed by atoms with E-state index in [4.69, 9.17) is 10.5 Å². The lowest BCUT2D eigenvalue weighted by molar-refractivity contribution is -0.152. The number of hydrogen-bond donors (Lipinski definition) is 3. The Labute approximate surface area is 208 Å². The Kier molecular flexibility index (Phi) is 8.07. The molecule has 0 saturated heterocycles. The van der Waals surface area contributed by atoms with E-state index < -0.39 is 35.8 Å². The number of ether oxygens (including phenoxy) is 1. The molecular formula is C28H29F2N3O3. The molecule has 1 amide bonds. The lowest BCUT2D eigenvalue weighted by Gasteiger charge is -2.26. The van der Waals surface area contributed by atoms with Gasteiger partial charge in [0.2, 0.25) is 0 Å². The molecule has 0 bridgehead atoms. The number of hydrogen-bond acceptors (Lipinski definition) is 5. The van der Waals surface area contributed by atoms with Gasteiger partial charge in [-0.1, -0.05) is 49.4 Å².